The van der Waals surface area contributed by atoms with Crippen molar-refractivity contribution >= 4 is 29.0 Å². The molecule has 3 aromatic rings. The van der Waals surface area contributed by atoms with Gasteiger partial charge in [-0.05, 0) is 37.0 Å². The summed E-state index contributed by atoms with van der Waals surface area (Å²) in [6.07, 6.45) is 0. The van der Waals surface area contributed by atoms with Crippen molar-refractivity contribution in [3.8, 4) is 0 Å². The maximum absolute atomic E-state index is 13.2. The summed E-state index contributed by atoms with van der Waals surface area (Å²) in [5.74, 6) is -1.13. The van der Waals surface area contributed by atoms with Crippen LogP contribution < -0.4 is 5.32 Å². The molecule has 0 unspecified atom stereocenters. The molecule has 1 N–H and O–H groups in total. The number of halogens is 2. The number of nitro groups is 1. The number of carbonyl (C=O) groups is 1. The van der Waals surface area contributed by atoms with Crippen LogP contribution in [0, 0.1) is 29.8 Å². The topological polar surface area (TPSA) is 116 Å². The molecule has 0 aliphatic heterocycles. The van der Waals surface area contributed by atoms with Gasteiger partial charge in [0.05, 0.1) is 34.0 Å². The summed E-state index contributed by atoms with van der Waals surface area (Å²) in [5, 5.41) is 20.9. The molecule has 0 aliphatic rings. The number of nitrogens with zero attached hydrogens (tertiary/aromatic N) is 4. The van der Waals surface area contributed by atoms with E-state index in [1.807, 2.05) is 0 Å². The Morgan fingerprint density at radius 2 is 2.15 bits per heavy atom. The summed E-state index contributed by atoms with van der Waals surface area (Å²) < 4.78 is 19.7. The van der Waals surface area contributed by atoms with Crippen molar-refractivity contribution in [2.75, 3.05) is 5.32 Å². The SMILES string of the molecule is Cc1onc(C(=O)Nc2ccc(F)c(Cl)c2)c1Cn1nc([N+](=O)[O-])cc1C. The van der Waals surface area contributed by atoms with E-state index in [1.165, 1.54) is 22.9 Å². The molecule has 0 bridgehead atoms. The molecule has 0 saturated carbocycles. The van der Waals surface area contributed by atoms with Gasteiger partial charge in [-0.1, -0.05) is 16.8 Å². The van der Waals surface area contributed by atoms with E-state index >= 15 is 0 Å². The van der Waals surface area contributed by atoms with Gasteiger partial charge in [-0.2, -0.15) is 4.68 Å². The third kappa shape index (κ3) is 3.80. The first-order valence-corrected chi connectivity index (χ1v) is 8.04. The Bertz CT molecular complexity index is 1050. The Morgan fingerprint density at radius 1 is 1.41 bits per heavy atom. The van der Waals surface area contributed by atoms with Crippen LogP contribution in [0.5, 0.6) is 0 Å². The van der Waals surface area contributed by atoms with Crippen LogP contribution in [0.25, 0.3) is 0 Å². The van der Waals surface area contributed by atoms with Crippen LogP contribution in [-0.2, 0) is 6.54 Å². The average Bonchev–Trinajstić information content (AvgIpc) is 3.15. The summed E-state index contributed by atoms with van der Waals surface area (Å²) in [7, 11) is 0. The molecule has 0 saturated heterocycles. The monoisotopic (exact) mass is 393 g/mol. The standard InChI is InChI=1S/C16H13ClFN5O4/c1-8-5-14(23(25)26)20-22(8)7-11-9(2)27-21-15(11)16(24)19-10-3-4-13(18)12(17)6-10/h3-6H,7H2,1-2H3,(H,19,24). The highest BCUT2D eigenvalue weighted by Gasteiger charge is 2.24. The molecule has 9 nitrogen and oxygen atoms in total. The largest absolute Gasteiger partial charge is 0.390 e. The molecule has 0 atom stereocenters. The average molecular weight is 394 g/mol. The van der Waals surface area contributed by atoms with Crippen LogP contribution in [0.1, 0.15) is 27.5 Å². The van der Waals surface area contributed by atoms with E-state index in [0.29, 0.717) is 17.0 Å². The summed E-state index contributed by atoms with van der Waals surface area (Å²) in [6, 6.07) is 5.07. The lowest BCUT2D eigenvalue weighted by molar-refractivity contribution is -0.389. The highest BCUT2D eigenvalue weighted by atomic mass is 35.5. The summed E-state index contributed by atoms with van der Waals surface area (Å²) in [4.78, 5) is 22.8. The van der Waals surface area contributed by atoms with Crippen LogP contribution in [0.3, 0.4) is 0 Å². The van der Waals surface area contributed by atoms with Crippen molar-refractivity contribution in [1.29, 1.82) is 0 Å². The zero-order chi connectivity index (χ0) is 19.7. The van der Waals surface area contributed by atoms with Gasteiger partial charge in [-0.15, -0.1) is 0 Å². The molecule has 27 heavy (non-hydrogen) atoms. The van der Waals surface area contributed by atoms with Gasteiger partial charge in [-0.25, -0.2) is 4.39 Å². The first-order valence-electron chi connectivity index (χ1n) is 7.66. The molecule has 0 fully saturated rings. The third-order valence-electron chi connectivity index (χ3n) is 3.84. The fourth-order valence-electron chi connectivity index (χ4n) is 2.41. The highest BCUT2D eigenvalue weighted by Crippen LogP contribution is 2.22. The number of amides is 1. The van der Waals surface area contributed by atoms with E-state index in [1.54, 1.807) is 13.8 Å². The van der Waals surface area contributed by atoms with E-state index in [2.05, 4.69) is 15.6 Å². The fourth-order valence-corrected chi connectivity index (χ4v) is 2.59. The molecule has 1 aromatic carbocycles. The van der Waals surface area contributed by atoms with Crippen molar-refractivity contribution in [3.05, 3.63) is 67.9 Å². The number of aryl methyl sites for hydroxylation is 2. The maximum Gasteiger partial charge on any atom is 0.390 e. The number of carbonyl (C=O) groups excluding carboxylic acids is 1. The Morgan fingerprint density at radius 3 is 2.78 bits per heavy atom. The van der Waals surface area contributed by atoms with Gasteiger partial charge in [0.25, 0.3) is 5.91 Å². The molecule has 0 radical (unpaired) electrons. The molecule has 0 spiro atoms. The van der Waals surface area contributed by atoms with E-state index in [-0.39, 0.29) is 28.8 Å². The Hall–Kier alpha value is -3.27. The molecule has 1 amide bonds. The van der Waals surface area contributed by atoms with Gasteiger partial charge in [0.1, 0.15) is 11.6 Å². The minimum Gasteiger partial charge on any atom is -0.361 e. The zero-order valence-corrected chi connectivity index (χ0v) is 15.0. The Labute approximate surface area is 156 Å². The smallest absolute Gasteiger partial charge is 0.361 e. The third-order valence-corrected chi connectivity index (χ3v) is 4.13. The lowest BCUT2D eigenvalue weighted by Gasteiger charge is -2.06. The molecule has 3 rings (SSSR count). The Kier molecular flexibility index (Phi) is 4.91. The van der Waals surface area contributed by atoms with E-state index in [4.69, 9.17) is 16.1 Å². The number of hydrogen-bond donors (Lipinski definition) is 1. The number of anilines is 1. The predicted octanol–water partition coefficient (Wildman–Crippen LogP) is 3.49. The Balaban J connectivity index is 1.86. The van der Waals surface area contributed by atoms with Crippen molar-refractivity contribution in [1.82, 2.24) is 14.9 Å². The van der Waals surface area contributed by atoms with Crippen molar-refractivity contribution < 1.29 is 18.6 Å². The molecule has 2 aromatic heterocycles. The summed E-state index contributed by atoms with van der Waals surface area (Å²) >= 11 is 5.70. The molecule has 0 aliphatic carbocycles. The number of aromatic nitrogens is 3. The van der Waals surface area contributed by atoms with Crippen molar-refractivity contribution in [2.45, 2.75) is 20.4 Å². The number of hydrogen-bond acceptors (Lipinski definition) is 6. The molecular formula is C16H13ClFN5O4. The van der Waals surface area contributed by atoms with Crippen LogP contribution in [-0.4, -0.2) is 25.8 Å². The zero-order valence-electron chi connectivity index (χ0n) is 14.2. The lowest BCUT2D eigenvalue weighted by atomic mass is 10.1. The van der Waals surface area contributed by atoms with Gasteiger partial charge in [0.15, 0.2) is 5.69 Å². The van der Waals surface area contributed by atoms with Gasteiger partial charge < -0.3 is 20.0 Å². The summed E-state index contributed by atoms with van der Waals surface area (Å²) in [5.41, 5.74) is 1.23. The molecule has 2 heterocycles. The van der Waals surface area contributed by atoms with Crippen molar-refractivity contribution in [3.63, 3.8) is 0 Å². The lowest BCUT2D eigenvalue weighted by Crippen LogP contribution is -2.16. The second-order valence-corrected chi connectivity index (χ2v) is 6.11. The van der Waals surface area contributed by atoms with Crippen LogP contribution in [0.4, 0.5) is 15.9 Å². The second-order valence-electron chi connectivity index (χ2n) is 5.71. The minimum atomic E-state index is -0.608. The maximum atomic E-state index is 13.2. The first kappa shape index (κ1) is 18.5. The number of rotatable bonds is 5. The van der Waals surface area contributed by atoms with Gasteiger partial charge >= 0.3 is 5.82 Å². The second kappa shape index (κ2) is 7.16. The molecular weight excluding hydrogens is 381 g/mol. The van der Waals surface area contributed by atoms with Gasteiger partial charge in [-0.3, -0.25) is 4.79 Å². The normalized spacial score (nSPS) is 10.8. The fraction of sp³-hybridized carbons (Fsp3) is 0.188. The first-order chi connectivity index (χ1) is 12.8. The number of nitrogens with one attached hydrogen (secondary N) is 1. The van der Waals surface area contributed by atoms with E-state index < -0.39 is 16.6 Å². The van der Waals surface area contributed by atoms with Crippen LogP contribution in [0.2, 0.25) is 5.02 Å². The predicted molar refractivity (Wildman–Crippen MR) is 93.3 cm³/mol. The van der Waals surface area contributed by atoms with E-state index in [0.717, 1.165) is 6.07 Å². The minimum absolute atomic E-state index is 0.00880. The van der Waals surface area contributed by atoms with Crippen LogP contribution in [0.15, 0.2) is 28.8 Å². The highest BCUT2D eigenvalue weighted by molar-refractivity contribution is 6.31. The molecule has 11 heteroatoms. The van der Waals surface area contributed by atoms with Crippen molar-refractivity contribution in [2.24, 2.45) is 0 Å². The number of benzene rings is 1. The van der Waals surface area contributed by atoms with E-state index in [9.17, 15) is 19.3 Å². The quantitative estimate of drug-likeness (QED) is 0.524. The van der Waals surface area contributed by atoms with Gasteiger partial charge in [0.2, 0.25) is 0 Å². The van der Waals surface area contributed by atoms with Crippen LogP contribution >= 0.6 is 11.6 Å². The summed E-state index contributed by atoms with van der Waals surface area (Å²) in [6.45, 7) is 3.33. The molecule has 140 valence electrons. The van der Waals surface area contributed by atoms with Gasteiger partial charge in [0, 0.05) is 5.69 Å².